The highest BCUT2D eigenvalue weighted by Crippen LogP contribution is 2.56. The van der Waals surface area contributed by atoms with E-state index in [4.69, 9.17) is 4.74 Å². The summed E-state index contributed by atoms with van der Waals surface area (Å²) in [7, 11) is -0.945. The van der Waals surface area contributed by atoms with Crippen LogP contribution in [0.25, 0.3) is 0 Å². The summed E-state index contributed by atoms with van der Waals surface area (Å²) in [5, 5.41) is 0. The lowest BCUT2D eigenvalue weighted by Crippen LogP contribution is -2.44. The summed E-state index contributed by atoms with van der Waals surface area (Å²) in [6.07, 6.45) is 4.44. The van der Waals surface area contributed by atoms with Crippen LogP contribution in [0.3, 0.4) is 0 Å². The molecule has 10 nitrogen and oxygen atoms in total. The van der Waals surface area contributed by atoms with Crippen molar-refractivity contribution >= 4 is 28.4 Å². The van der Waals surface area contributed by atoms with E-state index in [-0.39, 0.29) is 18.4 Å². The van der Waals surface area contributed by atoms with Gasteiger partial charge in [0.05, 0.1) is 37.0 Å². The van der Waals surface area contributed by atoms with Crippen LogP contribution < -0.4 is 0 Å². The van der Waals surface area contributed by atoms with Crippen LogP contribution in [0.5, 0.6) is 0 Å². The van der Waals surface area contributed by atoms with E-state index in [1.807, 2.05) is 30.3 Å². The lowest BCUT2D eigenvalue weighted by molar-refractivity contribution is -0.142. The molecule has 1 spiro atoms. The van der Waals surface area contributed by atoms with Crippen molar-refractivity contribution in [2.45, 2.75) is 24.4 Å². The normalized spacial score (nSPS) is 29.3. The van der Waals surface area contributed by atoms with Crippen LogP contribution in [0.4, 0.5) is 0 Å². The number of carbonyl (C=O) groups is 2. The minimum absolute atomic E-state index is 0.180. The molecule has 1 saturated heterocycles. The Morgan fingerprint density at radius 1 is 1.22 bits per heavy atom. The first-order chi connectivity index (χ1) is 15.2. The van der Waals surface area contributed by atoms with E-state index in [9.17, 15) is 18.0 Å². The zero-order chi connectivity index (χ0) is 22.7. The molecular formula is C21H23N5O5S. The fourth-order valence-corrected chi connectivity index (χ4v) is 5.78. The van der Waals surface area contributed by atoms with Gasteiger partial charge < -0.3 is 4.74 Å². The molecule has 4 atom stereocenters. The first-order valence-corrected chi connectivity index (χ1v) is 11.7. The third kappa shape index (κ3) is 2.99. The summed E-state index contributed by atoms with van der Waals surface area (Å²) >= 11 is 0. The van der Waals surface area contributed by atoms with Crippen molar-refractivity contribution < 1.29 is 22.7 Å². The summed E-state index contributed by atoms with van der Waals surface area (Å²) in [5.41, 5.74) is 0.0960. The molecular weight excluding hydrogens is 434 g/mol. The second-order valence-electron chi connectivity index (χ2n) is 8.60. The molecule has 3 heterocycles. The number of aromatic nitrogens is 2. The first kappa shape index (κ1) is 20.8. The van der Waals surface area contributed by atoms with E-state index in [2.05, 4.69) is 9.98 Å². The number of ether oxygens (including phenoxy) is 1. The largest absolute Gasteiger partial charge is 0.465 e. The number of amides is 1. The minimum Gasteiger partial charge on any atom is -0.465 e. The van der Waals surface area contributed by atoms with Gasteiger partial charge in [-0.25, -0.2) is 8.96 Å². The van der Waals surface area contributed by atoms with Crippen LogP contribution in [0.15, 0.2) is 47.8 Å². The topological polar surface area (TPSA) is 114 Å². The van der Waals surface area contributed by atoms with E-state index in [0.29, 0.717) is 18.7 Å². The minimum atomic E-state index is -3.78. The Hall–Kier alpha value is -3.05. The van der Waals surface area contributed by atoms with Gasteiger partial charge in [0.15, 0.2) is 5.54 Å². The van der Waals surface area contributed by atoms with Crippen LogP contribution >= 0.6 is 0 Å². The van der Waals surface area contributed by atoms with E-state index in [1.54, 1.807) is 4.90 Å². The number of imidazole rings is 1. The van der Waals surface area contributed by atoms with Crippen molar-refractivity contribution in [2.75, 3.05) is 20.7 Å². The predicted molar refractivity (Wildman–Crippen MR) is 114 cm³/mol. The SMILES string of the molecule is CN(C)S(=O)(=O)n1cnc([C@H]2[C@H]3C(=O)OC[C@H]3C[C@@]23N=CN(Cc2ccccc2)C3=O)c1. The molecule has 5 rings (SSSR count). The number of hydrogen-bond donors (Lipinski definition) is 0. The molecule has 1 aromatic carbocycles. The number of aliphatic imine (C=N–C) groups is 1. The molecule has 0 radical (unpaired) electrons. The van der Waals surface area contributed by atoms with Gasteiger partial charge in [0.2, 0.25) is 0 Å². The second-order valence-corrected chi connectivity index (χ2v) is 10.7. The molecule has 168 valence electrons. The predicted octanol–water partition coefficient (Wildman–Crippen LogP) is 0.624. The fourth-order valence-electron chi connectivity index (χ4n) is 5.00. The lowest BCUT2D eigenvalue weighted by atomic mass is 9.80. The Labute approximate surface area is 185 Å². The number of esters is 1. The third-order valence-electron chi connectivity index (χ3n) is 6.55. The summed E-state index contributed by atoms with van der Waals surface area (Å²) in [6.45, 7) is 0.584. The van der Waals surface area contributed by atoms with Crippen LogP contribution in [0, 0.1) is 11.8 Å². The number of carbonyl (C=O) groups excluding carboxylic acids is 2. The Balaban J connectivity index is 1.53. The van der Waals surface area contributed by atoms with E-state index < -0.39 is 33.6 Å². The van der Waals surface area contributed by atoms with E-state index >= 15 is 0 Å². The highest BCUT2D eigenvalue weighted by molar-refractivity contribution is 7.87. The van der Waals surface area contributed by atoms with Gasteiger partial charge in [0.1, 0.15) is 6.33 Å². The molecule has 32 heavy (non-hydrogen) atoms. The Morgan fingerprint density at radius 2 is 1.97 bits per heavy atom. The summed E-state index contributed by atoms with van der Waals surface area (Å²) in [6, 6.07) is 9.57. The Morgan fingerprint density at radius 3 is 2.69 bits per heavy atom. The van der Waals surface area contributed by atoms with Gasteiger partial charge in [-0.15, -0.1) is 0 Å². The molecule has 2 fully saturated rings. The van der Waals surface area contributed by atoms with E-state index in [0.717, 1.165) is 13.8 Å². The van der Waals surface area contributed by atoms with Crippen molar-refractivity contribution in [2.24, 2.45) is 16.8 Å². The second kappa shape index (κ2) is 7.24. The molecule has 3 aliphatic rings. The molecule has 1 aromatic heterocycles. The molecule has 1 amide bonds. The first-order valence-electron chi connectivity index (χ1n) is 10.3. The maximum absolute atomic E-state index is 13.7. The van der Waals surface area contributed by atoms with Gasteiger partial charge >= 0.3 is 16.2 Å². The summed E-state index contributed by atoms with van der Waals surface area (Å²) in [4.78, 5) is 36.8. The molecule has 0 bridgehead atoms. The third-order valence-corrected chi connectivity index (χ3v) is 8.20. The smallest absolute Gasteiger partial charge is 0.310 e. The van der Waals surface area contributed by atoms with Crippen molar-refractivity contribution in [1.82, 2.24) is 18.2 Å². The highest BCUT2D eigenvalue weighted by Gasteiger charge is 2.66. The average molecular weight is 458 g/mol. The maximum Gasteiger partial charge on any atom is 0.310 e. The Kier molecular flexibility index (Phi) is 4.71. The summed E-state index contributed by atoms with van der Waals surface area (Å²) in [5.74, 6) is -2.09. The maximum atomic E-state index is 13.7. The molecule has 11 heteroatoms. The fraction of sp³-hybridized carbons (Fsp3) is 0.429. The zero-order valence-electron chi connectivity index (χ0n) is 17.7. The standard InChI is InChI=1S/C21H23N5O5S/c1-24(2)32(29,30)26-10-16(22-12-26)18-17-15(11-31-19(17)27)8-21(18)20(28)25(13-23-21)9-14-6-4-3-5-7-14/h3-7,10,12-13,15,17-18H,8-9,11H2,1-2H3/t15-,17+,18+,21-/m1/s1. The summed E-state index contributed by atoms with van der Waals surface area (Å²) < 4.78 is 32.4. The number of fused-ring (bicyclic) bond motifs is 1. The number of rotatable bonds is 5. The van der Waals surface area contributed by atoms with Gasteiger partial charge in [-0.1, -0.05) is 30.3 Å². The lowest BCUT2D eigenvalue weighted by Gasteiger charge is -2.29. The zero-order valence-corrected chi connectivity index (χ0v) is 18.5. The average Bonchev–Trinajstić information content (AvgIpc) is 3.52. The molecule has 0 unspecified atom stereocenters. The van der Waals surface area contributed by atoms with Gasteiger partial charge in [-0.2, -0.15) is 12.7 Å². The van der Waals surface area contributed by atoms with Gasteiger partial charge in [0, 0.05) is 26.2 Å². The van der Waals surface area contributed by atoms with Crippen molar-refractivity contribution in [1.29, 1.82) is 0 Å². The van der Waals surface area contributed by atoms with Crippen molar-refractivity contribution in [3.8, 4) is 0 Å². The van der Waals surface area contributed by atoms with Crippen LogP contribution in [-0.4, -0.2) is 71.0 Å². The quantitative estimate of drug-likeness (QED) is 0.608. The number of benzene rings is 1. The molecule has 2 aromatic rings. The monoisotopic (exact) mass is 457 g/mol. The van der Waals surface area contributed by atoms with Crippen LogP contribution in [0.2, 0.25) is 0 Å². The Bertz CT molecular complexity index is 1210. The highest BCUT2D eigenvalue weighted by atomic mass is 32.2. The number of cyclic esters (lactones) is 1. The molecule has 0 N–H and O–H groups in total. The van der Waals surface area contributed by atoms with Crippen LogP contribution in [0.1, 0.15) is 23.6 Å². The van der Waals surface area contributed by atoms with E-state index in [1.165, 1.54) is 33.0 Å². The molecule has 2 aliphatic heterocycles. The molecule has 1 aliphatic carbocycles. The van der Waals surface area contributed by atoms with Gasteiger partial charge in [0.25, 0.3) is 5.91 Å². The van der Waals surface area contributed by atoms with Gasteiger partial charge in [-0.05, 0) is 12.0 Å². The molecule has 1 saturated carbocycles. The van der Waals surface area contributed by atoms with Gasteiger partial charge in [-0.3, -0.25) is 19.5 Å². The van der Waals surface area contributed by atoms with Crippen molar-refractivity contribution in [3.05, 3.63) is 54.1 Å². The van der Waals surface area contributed by atoms with Crippen molar-refractivity contribution in [3.63, 3.8) is 0 Å². The van der Waals surface area contributed by atoms with Crippen LogP contribution in [-0.2, 0) is 31.1 Å². The number of nitrogens with zero attached hydrogens (tertiary/aromatic N) is 5. The number of hydrogen-bond acceptors (Lipinski definition) is 7.